The number of rotatable bonds is 7. The smallest absolute Gasteiger partial charge is 0.234 e. The lowest BCUT2D eigenvalue weighted by Gasteiger charge is -2.16. The van der Waals surface area contributed by atoms with Gasteiger partial charge >= 0.3 is 0 Å². The van der Waals surface area contributed by atoms with Crippen LogP contribution in [-0.2, 0) is 17.8 Å². The van der Waals surface area contributed by atoms with Crippen molar-refractivity contribution in [3.8, 4) is 0 Å². The molecule has 25 heavy (non-hydrogen) atoms. The Bertz CT molecular complexity index is 824. The van der Waals surface area contributed by atoms with E-state index in [-0.39, 0.29) is 5.91 Å². The lowest BCUT2D eigenvalue weighted by atomic mass is 10.0. The van der Waals surface area contributed by atoms with E-state index in [0.717, 1.165) is 13.0 Å². The molecule has 1 N–H and O–H groups in total. The van der Waals surface area contributed by atoms with Crippen LogP contribution >= 0.6 is 0 Å². The van der Waals surface area contributed by atoms with E-state index >= 15 is 0 Å². The maximum Gasteiger partial charge on any atom is 0.234 e. The van der Waals surface area contributed by atoms with E-state index in [0.29, 0.717) is 13.1 Å². The monoisotopic (exact) mass is 332 g/mol. The molecule has 0 fully saturated rings. The van der Waals surface area contributed by atoms with Gasteiger partial charge in [0.1, 0.15) is 0 Å². The summed E-state index contributed by atoms with van der Waals surface area (Å²) >= 11 is 0. The Balaban J connectivity index is 1.47. The first-order valence-corrected chi connectivity index (χ1v) is 8.68. The molecule has 3 nitrogen and oxygen atoms in total. The fourth-order valence-corrected chi connectivity index (χ4v) is 3.10. The number of benzene rings is 3. The first-order valence-electron chi connectivity index (χ1n) is 8.68. The molecule has 0 spiro atoms. The molecule has 0 atom stereocenters. The highest BCUT2D eigenvalue weighted by Gasteiger charge is 2.07. The normalized spacial score (nSPS) is 11.0. The Morgan fingerprint density at radius 1 is 0.920 bits per heavy atom. The van der Waals surface area contributed by atoms with Crippen LogP contribution in [0.15, 0.2) is 72.8 Å². The fraction of sp³-hybridized carbons (Fsp3) is 0.227. The van der Waals surface area contributed by atoms with Gasteiger partial charge in [0, 0.05) is 13.1 Å². The molecule has 3 aromatic rings. The second kappa shape index (κ2) is 8.45. The number of amides is 1. The van der Waals surface area contributed by atoms with Crippen LogP contribution < -0.4 is 5.32 Å². The van der Waals surface area contributed by atoms with Gasteiger partial charge in [-0.3, -0.25) is 9.69 Å². The van der Waals surface area contributed by atoms with Gasteiger partial charge in [-0.15, -0.1) is 0 Å². The van der Waals surface area contributed by atoms with Gasteiger partial charge < -0.3 is 5.32 Å². The quantitative estimate of drug-likeness (QED) is 0.716. The summed E-state index contributed by atoms with van der Waals surface area (Å²) in [5.41, 5.74) is 2.49. The van der Waals surface area contributed by atoms with E-state index in [1.807, 2.05) is 30.1 Å². The summed E-state index contributed by atoms with van der Waals surface area (Å²) in [5, 5.41) is 5.54. The third-order valence-corrected chi connectivity index (χ3v) is 4.31. The van der Waals surface area contributed by atoms with Crippen LogP contribution in [0.4, 0.5) is 0 Å². The van der Waals surface area contributed by atoms with Crippen LogP contribution in [0.2, 0.25) is 0 Å². The topological polar surface area (TPSA) is 32.3 Å². The van der Waals surface area contributed by atoms with Gasteiger partial charge in [-0.05, 0) is 35.4 Å². The SMILES string of the molecule is CN(CC(=O)NCCc1cccc2ccccc12)Cc1ccccc1. The minimum Gasteiger partial charge on any atom is -0.355 e. The van der Waals surface area contributed by atoms with Crippen LogP contribution in [0.3, 0.4) is 0 Å². The predicted octanol–water partition coefficient (Wildman–Crippen LogP) is 3.63. The molecule has 1 amide bonds. The summed E-state index contributed by atoms with van der Waals surface area (Å²) in [6, 6.07) is 24.9. The number of nitrogens with zero attached hydrogens (tertiary/aromatic N) is 1. The molecule has 0 saturated carbocycles. The number of nitrogens with one attached hydrogen (secondary N) is 1. The highest BCUT2D eigenvalue weighted by molar-refractivity contribution is 5.85. The first-order chi connectivity index (χ1) is 12.2. The van der Waals surface area contributed by atoms with Crippen molar-refractivity contribution in [2.75, 3.05) is 20.1 Å². The molecular formula is C22H24N2O. The van der Waals surface area contributed by atoms with E-state index in [2.05, 4.69) is 59.9 Å². The van der Waals surface area contributed by atoms with E-state index in [9.17, 15) is 4.79 Å². The van der Waals surface area contributed by atoms with E-state index < -0.39 is 0 Å². The summed E-state index contributed by atoms with van der Waals surface area (Å²) < 4.78 is 0. The van der Waals surface area contributed by atoms with Gasteiger partial charge in [0.25, 0.3) is 0 Å². The molecule has 0 aromatic heterocycles. The highest BCUT2D eigenvalue weighted by Crippen LogP contribution is 2.18. The van der Waals surface area contributed by atoms with Crippen LogP contribution in [0.25, 0.3) is 10.8 Å². The van der Waals surface area contributed by atoms with Crippen molar-refractivity contribution in [3.05, 3.63) is 83.9 Å². The molecule has 0 bridgehead atoms. The van der Waals surface area contributed by atoms with E-state index in [4.69, 9.17) is 0 Å². The zero-order chi connectivity index (χ0) is 17.5. The number of carbonyl (C=O) groups is 1. The fourth-order valence-electron chi connectivity index (χ4n) is 3.10. The molecule has 128 valence electrons. The van der Waals surface area contributed by atoms with Gasteiger partial charge in [-0.1, -0.05) is 72.8 Å². The minimum absolute atomic E-state index is 0.0682. The summed E-state index contributed by atoms with van der Waals surface area (Å²) in [5.74, 6) is 0.0682. The van der Waals surface area contributed by atoms with Crippen molar-refractivity contribution in [1.82, 2.24) is 10.2 Å². The maximum atomic E-state index is 12.1. The second-order valence-electron chi connectivity index (χ2n) is 6.40. The molecule has 3 heteroatoms. The minimum atomic E-state index is 0.0682. The van der Waals surface area contributed by atoms with Crippen molar-refractivity contribution in [1.29, 1.82) is 0 Å². The first kappa shape index (κ1) is 17.2. The van der Waals surface area contributed by atoms with Gasteiger partial charge in [-0.2, -0.15) is 0 Å². The molecule has 0 radical (unpaired) electrons. The van der Waals surface area contributed by atoms with Crippen molar-refractivity contribution < 1.29 is 4.79 Å². The lowest BCUT2D eigenvalue weighted by molar-refractivity contribution is -0.122. The Hall–Kier alpha value is -2.65. The van der Waals surface area contributed by atoms with Crippen LogP contribution in [-0.4, -0.2) is 30.9 Å². The van der Waals surface area contributed by atoms with E-state index in [1.54, 1.807) is 0 Å². The Labute approximate surface area is 149 Å². The van der Waals surface area contributed by atoms with Crippen LogP contribution in [0.5, 0.6) is 0 Å². The molecule has 0 unspecified atom stereocenters. The summed E-state index contributed by atoms with van der Waals surface area (Å²) in [4.78, 5) is 14.2. The third kappa shape index (κ3) is 4.91. The van der Waals surface area contributed by atoms with Crippen molar-refractivity contribution >= 4 is 16.7 Å². The van der Waals surface area contributed by atoms with Crippen LogP contribution in [0, 0.1) is 0 Å². The van der Waals surface area contributed by atoms with Gasteiger partial charge in [-0.25, -0.2) is 0 Å². The maximum absolute atomic E-state index is 12.1. The molecule has 0 saturated heterocycles. The number of hydrogen-bond donors (Lipinski definition) is 1. The average molecular weight is 332 g/mol. The zero-order valence-electron chi connectivity index (χ0n) is 14.6. The summed E-state index contributed by atoms with van der Waals surface area (Å²) in [6.07, 6.45) is 0.843. The van der Waals surface area contributed by atoms with Crippen molar-refractivity contribution in [3.63, 3.8) is 0 Å². The number of hydrogen-bond acceptors (Lipinski definition) is 2. The summed E-state index contributed by atoms with van der Waals surface area (Å²) in [7, 11) is 1.97. The molecular weight excluding hydrogens is 308 g/mol. The third-order valence-electron chi connectivity index (χ3n) is 4.31. The standard InChI is InChI=1S/C22H24N2O/c1-24(16-18-8-3-2-4-9-18)17-22(25)23-15-14-20-12-7-11-19-10-5-6-13-21(19)20/h2-13H,14-17H2,1H3,(H,23,25). The van der Waals surface area contributed by atoms with Gasteiger partial charge in [0.2, 0.25) is 5.91 Å². The molecule has 0 aliphatic heterocycles. The van der Waals surface area contributed by atoms with Gasteiger partial charge in [0.15, 0.2) is 0 Å². The Morgan fingerprint density at radius 3 is 2.48 bits per heavy atom. The molecule has 3 aromatic carbocycles. The zero-order valence-corrected chi connectivity index (χ0v) is 14.6. The summed E-state index contributed by atoms with van der Waals surface area (Å²) in [6.45, 7) is 1.84. The molecule has 3 rings (SSSR count). The lowest BCUT2D eigenvalue weighted by Crippen LogP contribution is -2.35. The van der Waals surface area contributed by atoms with Crippen molar-refractivity contribution in [2.24, 2.45) is 0 Å². The largest absolute Gasteiger partial charge is 0.355 e. The predicted molar refractivity (Wildman–Crippen MR) is 103 cm³/mol. The average Bonchev–Trinajstić information content (AvgIpc) is 2.62. The molecule has 0 aliphatic rings. The van der Waals surface area contributed by atoms with Crippen LogP contribution in [0.1, 0.15) is 11.1 Å². The molecule has 0 aliphatic carbocycles. The number of carbonyl (C=O) groups excluding carboxylic acids is 1. The highest BCUT2D eigenvalue weighted by atomic mass is 16.2. The van der Waals surface area contributed by atoms with Gasteiger partial charge in [0.05, 0.1) is 6.54 Å². The Kier molecular flexibility index (Phi) is 5.81. The molecule has 0 heterocycles. The van der Waals surface area contributed by atoms with Crippen molar-refractivity contribution in [2.45, 2.75) is 13.0 Å². The van der Waals surface area contributed by atoms with E-state index in [1.165, 1.54) is 21.9 Å². The number of fused-ring (bicyclic) bond motifs is 1. The second-order valence-corrected chi connectivity index (χ2v) is 6.40. The number of likely N-dealkylation sites (N-methyl/N-ethyl adjacent to an activating group) is 1. The Morgan fingerprint density at radius 2 is 1.64 bits per heavy atom.